The van der Waals surface area contributed by atoms with E-state index in [9.17, 15) is 61.6 Å². The molecular weight excluding hydrogens is 1610 g/mol. The molecule has 6 fully saturated rings. The van der Waals surface area contributed by atoms with Crippen LogP contribution in [0.25, 0.3) is 22.5 Å². The van der Waals surface area contributed by atoms with Crippen molar-refractivity contribution in [1.29, 1.82) is 0 Å². The van der Waals surface area contributed by atoms with Gasteiger partial charge in [0.2, 0.25) is 29.1 Å². The van der Waals surface area contributed by atoms with E-state index in [1.165, 1.54) is 139 Å². The molecule has 0 radical (unpaired) electrons. The standard InChI is InChI=1S/C19H23ClFN3O3S.C11H8ClFN2O2.C9H16OS.C8H16O3S.C7H13ClO2S.C7H16N2O2S.C7H14O.C2H4OS.CH4.K.H4N2.H2O/c1-24-10-17(22-12-24)14-7-15(19(21)16(20)8-14)18(25)9-23-28(26,27)11-13-5-3-2-4-6-13;1-15-4-9(14-5-15)6-2-7(11(16)17)10(13)8(12)3-6;1-8(10)11-7-9-5-3-2-4-6-9;1-12(9,10)11-7-8-5-3-2-4-6-8;8-11(9,10)6-7-4-2-1-3-5-7;8-9-12(10,11)6-7-4-2-1-3-5-7;8-6-7-4-2-1-3-5-7;1-2(3)4;;;1-2;/h7-8,10,12-13,23H,2-6,9,11H2,1H3;2-5H,1H3,(H,16,17);9H,2-7H2,1H3;8H,2-7H2,1H3;7H,1-6H2;7,9H,1-6,8H2;7-8H,1-6H2;1H3,(H,3,4);1H4;;1-2H2;1H2/q;;;;;;;;;+1;;/p-1. The summed E-state index contributed by atoms with van der Waals surface area (Å²) < 4.78 is 128. The smallest absolute Gasteiger partial charge is 0.742 e. The van der Waals surface area contributed by atoms with E-state index in [1.54, 1.807) is 55.2 Å². The number of aryl methyl sites for hydroxylation is 2. The van der Waals surface area contributed by atoms with Crippen LogP contribution < -0.4 is 78.5 Å². The van der Waals surface area contributed by atoms with Gasteiger partial charge in [0, 0.05) is 72.7 Å². The van der Waals surface area contributed by atoms with Crippen LogP contribution in [0.3, 0.4) is 0 Å². The van der Waals surface area contributed by atoms with Gasteiger partial charge in [0.25, 0.3) is 10.1 Å². The van der Waals surface area contributed by atoms with Gasteiger partial charge >= 0.3 is 57.4 Å². The Balaban J connectivity index is 0. The van der Waals surface area contributed by atoms with Gasteiger partial charge in [0.15, 0.2) is 22.5 Å². The molecule has 6 aliphatic carbocycles. The largest absolute Gasteiger partial charge is 1.00 e. The first kappa shape index (κ1) is 108. The van der Waals surface area contributed by atoms with Crippen LogP contribution in [0.5, 0.6) is 0 Å². The van der Waals surface area contributed by atoms with Gasteiger partial charge in [-0.15, -0.1) is 0 Å². The molecule has 6 aliphatic rings. The number of hydrogen-bond acceptors (Lipinski definition) is 21. The first-order chi connectivity index (χ1) is 49.5. The van der Waals surface area contributed by atoms with Crippen molar-refractivity contribution in [3.05, 3.63) is 82.1 Å². The molecule has 25 nitrogen and oxygen atoms in total. The maximum Gasteiger partial charge on any atom is 1.00 e. The number of aliphatic hydroxyl groups is 1. The second-order valence-electron chi connectivity index (χ2n) is 27.4. The number of imidazole rings is 2. The molecule has 10 rings (SSSR count). The summed E-state index contributed by atoms with van der Waals surface area (Å²) in [6.45, 7) is 3.30. The summed E-state index contributed by atoms with van der Waals surface area (Å²) in [4.78, 5) is 53.3. The number of thioether (sulfide) groups is 1. The minimum atomic E-state index is -3.61. The third-order valence-electron chi connectivity index (χ3n) is 18.2. The minimum Gasteiger partial charge on any atom is -0.742 e. The van der Waals surface area contributed by atoms with Gasteiger partial charge < -0.3 is 42.2 Å². The van der Waals surface area contributed by atoms with E-state index in [1.807, 2.05) is 4.83 Å². The summed E-state index contributed by atoms with van der Waals surface area (Å²) in [5, 5.41) is 17.1. The number of Topliss-reactive ketones (excluding diaryl/α,β-unsaturated/α-hetero) is 1. The van der Waals surface area contributed by atoms with Crippen molar-refractivity contribution in [2.24, 2.45) is 67.1 Å². The van der Waals surface area contributed by atoms with Crippen molar-refractivity contribution in [1.82, 2.24) is 28.7 Å². The van der Waals surface area contributed by atoms with Crippen molar-refractivity contribution in [2.45, 2.75) is 214 Å². The number of ketones is 1. The van der Waals surface area contributed by atoms with Crippen LogP contribution in [0.1, 0.15) is 235 Å². The van der Waals surface area contributed by atoms with Crippen LogP contribution in [0.2, 0.25) is 10.0 Å². The average molecular weight is 1730 g/mol. The fourth-order valence-corrected chi connectivity index (χ4v) is 18.4. The number of hydrogen-bond donors (Lipinski definition) is 7. The van der Waals surface area contributed by atoms with E-state index in [4.69, 9.17) is 54.1 Å². The second-order valence-corrected chi connectivity index (χ2v) is 38.1. The van der Waals surface area contributed by atoms with E-state index in [-0.39, 0.29) is 113 Å². The van der Waals surface area contributed by atoms with Gasteiger partial charge in [-0.3, -0.25) is 31.3 Å². The molecule has 0 atom stereocenters. The van der Waals surface area contributed by atoms with Crippen molar-refractivity contribution >= 4 is 119 Å². The fraction of sp³-hybridized carbons (Fsp3) is 0.690. The van der Waals surface area contributed by atoms with Gasteiger partial charge in [-0.2, -0.15) is 13.2 Å². The van der Waals surface area contributed by atoms with Crippen LogP contribution in [0, 0.1) is 47.1 Å². The van der Waals surface area contributed by atoms with Crippen LogP contribution in [-0.2, 0) is 79.7 Å². The van der Waals surface area contributed by atoms with Crippen LogP contribution >= 0.6 is 45.6 Å². The Labute approximate surface area is 708 Å². The van der Waals surface area contributed by atoms with Crippen molar-refractivity contribution in [3.8, 4) is 22.5 Å². The number of sulfonamides is 2. The van der Waals surface area contributed by atoms with Gasteiger partial charge in [-0.25, -0.2) is 53.5 Å². The van der Waals surface area contributed by atoms with Crippen LogP contribution in [0.15, 0.2) is 49.3 Å². The molecule has 12 N–H and O–H groups in total. The molecular formula is C71H119Cl3F2KN9O16S6. The Morgan fingerprint density at radius 3 is 1.24 bits per heavy atom. The maximum absolute atomic E-state index is 14.4. The van der Waals surface area contributed by atoms with E-state index in [0.29, 0.717) is 59.4 Å². The molecule has 616 valence electrons. The zero-order valence-corrected chi connectivity index (χ0v) is 73.1. The summed E-state index contributed by atoms with van der Waals surface area (Å²) in [6, 6.07) is 5.31. The monoisotopic (exact) mass is 1730 g/mol. The Morgan fingerprint density at radius 2 is 0.926 bits per heavy atom. The molecule has 0 bridgehead atoms. The number of benzene rings is 2. The molecule has 0 spiro atoms. The number of nitrogens with zero attached hydrogens (tertiary/aromatic N) is 4. The first-order valence-electron chi connectivity index (χ1n) is 35.9. The van der Waals surface area contributed by atoms with Gasteiger partial charge in [-0.05, 0) is 144 Å². The molecule has 2 heterocycles. The summed E-state index contributed by atoms with van der Waals surface area (Å²) in [5.74, 6) is 13.2. The third kappa shape index (κ3) is 49.5. The first-order valence-corrected chi connectivity index (χ1v) is 45.6. The number of aromatic nitrogens is 4. The number of aromatic carboxylic acids is 1. The number of nitrogens with two attached hydrogens (primary N) is 3. The number of rotatable bonds is 20. The normalized spacial score (nSPS) is 16.7. The number of nitrogens with one attached hydrogen (secondary N) is 2. The van der Waals surface area contributed by atoms with Crippen molar-refractivity contribution in [3.63, 3.8) is 0 Å². The summed E-state index contributed by atoms with van der Waals surface area (Å²) in [7, 11) is -4.57. The molecule has 0 saturated heterocycles. The molecule has 2 aromatic carbocycles. The molecule has 2 aromatic heterocycles. The summed E-state index contributed by atoms with van der Waals surface area (Å²) >= 11 is 17.1. The number of halogens is 5. The Bertz CT molecular complexity index is 3690. The van der Waals surface area contributed by atoms with Crippen molar-refractivity contribution < 1.29 is 133 Å². The average Bonchev–Trinajstić information content (AvgIpc) is 1.42. The number of carbonyl (C=O) groups excluding carboxylic acids is 3. The van der Waals surface area contributed by atoms with Crippen molar-refractivity contribution in [2.75, 3.05) is 49.0 Å². The molecule has 108 heavy (non-hydrogen) atoms. The number of aliphatic hydroxyl groups excluding tert-OH is 1. The summed E-state index contributed by atoms with van der Waals surface area (Å²) in [5.41, 5.74) is 1.31. The molecule has 6 saturated carbocycles. The maximum atomic E-state index is 14.4. The molecule has 0 amide bonds. The SMILES string of the molecule is C.CC(=O)SCC1CCCCC1.CC(=O)[S-].CS(=O)(=O)OCC1CCCCC1.Cn1cnc(-c2cc(Cl)c(F)c(C(=O)CNS(=O)(=O)CC3CCCCC3)c2)c1.Cn1cnc(-c2cc(Cl)c(F)c(C(=O)O)c2)c1.NN.NNS(=O)(=O)CC1CCCCC1.O.O=S(=O)(Cl)CC1CCCCC1.OCC1CCCCC1.[K+]. The number of carboxylic acids is 1. The number of carboxylic acid groups (broad SMARTS) is 1. The quantitative estimate of drug-likeness (QED) is 0.00822. The van der Waals surface area contributed by atoms with E-state index in [2.05, 4.69) is 39.0 Å². The third-order valence-corrected chi connectivity index (χ3v) is 24.4. The van der Waals surface area contributed by atoms with Crippen LogP contribution in [-0.4, -0.2) is 139 Å². The Hall–Kier alpha value is -2.24. The summed E-state index contributed by atoms with van der Waals surface area (Å²) in [6.07, 6.45) is 43.3. The Morgan fingerprint density at radius 1 is 0.593 bits per heavy atom. The topological polar surface area (TPSA) is 424 Å². The van der Waals surface area contributed by atoms with E-state index < -0.39 is 74.7 Å². The predicted molar refractivity (Wildman–Crippen MR) is 428 cm³/mol. The van der Waals surface area contributed by atoms with Gasteiger partial charge in [-0.1, -0.05) is 158 Å². The molecule has 37 heteroatoms. The molecule has 0 aliphatic heterocycles. The van der Waals surface area contributed by atoms with Gasteiger partial charge in [0.05, 0.1) is 81.9 Å². The van der Waals surface area contributed by atoms with E-state index in [0.717, 1.165) is 114 Å². The van der Waals surface area contributed by atoms with Crippen LogP contribution in [0.4, 0.5) is 8.78 Å². The van der Waals surface area contributed by atoms with E-state index >= 15 is 0 Å². The predicted octanol–water partition coefficient (Wildman–Crippen LogP) is 10.3. The zero-order valence-electron chi connectivity index (χ0n) is 62.8. The Kier molecular flexibility index (Phi) is 58.5. The second kappa shape index (κ2) is 58.6. The fourth-order valence-electron chi connectivity index (χ4n) is 12.8. The van der Waals surface area contributed by atoms with Gasteiger partial charge in [0.1, 0.15) is 0 Å². The number of hydrazine groups is 2. The minimum absolute atomic E-state index is 0. The number of carbonyl (C=O) groups is 4. The molecule has 4 aromatic rings. The molecule has 0 unspecified atom stereocenters. The zero-order chi connectivity index (χ0) is 78.8.